The highest BCUT2D eigenvalue weighted by molar-refractivity contribution is 8.00. The fourth-order valence-electron chi connectivity index (χ4n) is 5.24. The highest BCUT2D eigenvalue weighted by Gasteiger charge is 2.72. The first-order valence-electron chi connectivity index (χ1n) is 12.1. The summed E-state index contributed by atoms with van der Waals surface area (Å²) in [6.07, 6.45) is 3.11. The number of benzene rings is 1. The predicted molar refractivity (Wildman–Crippen MR) is 134 cm³/mol. The number of amides is 1. The van der Waals surface area contributed by atoms with Crippen molar-refractivity contribution >= 4 is 29.3 Å². The molecule has 1 saturated carbocycles. The quantitative estimate of drug-likeness (QED) is 0.214. The van der Waals surface area contributed by atoms with Gasteiger partial charge in [0.2, 0.25) is 0 Å². The number of ketones is 1. The van der Waals surface area contributed by atoms with Gasteiger partial charge in [0.25, 0.3) is 0 Å². The number of hydrogen-bond acceptors (Lipinski definition) is 8. The zero-order valence-electron chi connectivity index (χ0n) is 20.9. The van der Waals surface area contributed by atoms with E-state index in [2.05, 4.69) is 32.2 Å². The summed E-state index contributed by atoms with van der Waals surface area (Å²) < 4.78 is 23.8. The highest BCUT2D eigenvalue weighted by Crippen LogP contribution is 2.59. The fourth-order valence-corrected chi connectivity index (χ4v) is 6.06. The lowest BCUT2D eigenvalue weighted by molar-refractivity contribution is -0.119. The monoisotopic (exact) mass is 504 g/mol. The molecule has 1 aromatic carbocycles. The standard InChI is InChI=1S/C26H36N2O6S/c1-16(2)8-9-21-25(3,34-21)23-22(31-4)20(10-11-26(23)15-32-26)33-24(30)28-13-18(29)14-35-19-7-5-6-17(27)12-19/h5-8,12,20-23H,9-11,13-15,27H2,1-4H3,(H,28,30)/t20-,21-,22-,23-,25+,26+/m1/s1. The van der Waals surface area contributed by atoms with Crippen LogP contribution < -0.4 is 11.1 Å². The number of Topliss-reactive ketones (excluding diaryl/α,β-unsaturated/α-hetero) is 1. The molecule has 3 fully saturated rings. The van der Waals surface area contributed by atoms with Crippen LogP contribution in [0.2, 0.25) is 0 Å². The second kappa shape index (κ2) is 10.5. The highest BCUT2D eigenvalue weighted by atomic mass is 32.2. The summed E-state index contributed by atoms with van der Waals surface area (Å²) in [6, 6.07) is 7.34. The molecule has 192 valence electrons. The number of rotatable bonds is 10. The second-order valence-corrected chi connectivity index (χ2v) is 11.1. The summed E-state index contributed by atoms with van der Waals surface area (Å²) >= 11 is 1.38. The van der Waals surface area contributed by atoms with Crippen molar-refractivity contribution in [3.05, 3.63) is 35.9 Å². The number of epoxide rings is 2. The van der Waals surface area contributed by atoms with E-state index < -0.39 is 17.8 Å². The van der Waals surface area contributed by atoms with E-state index in [0.29, 0.717) is 18.7 Å². The molecule has 1 amide bonds. The first-order valence-corrected chi connectivity index (χ1v) is 13.1. The number of alkyl carbamates (subject to hydrolysis) is 1. The van der Waals surface area contributed by atoms with Crippen LogP contribution >= 0.6 is 11.8 Å². The average molecular weight is 505 g/mol. The van der Waals surface area contributed by atoms with Gasteiger partial charge in [-0.15, -0.1) is 11.8 Å². The molecule has 0 aromatic heterocycles. The lowest BCUT2D eigenvalue weighted by atomic mass is 9.68. The van der Waals surface area contributed by atoms with Crippen molar-refractivity contribution in [2.45, 2.75) is 74.4 Å². The summed E-state index contributed by atoms with van der Waals surface area (Å²) in [5.74, 6) is 0.0856. The largest absolute Gasteiger partial charge is 0.443 e. The van der Waals surface area contributed by atoms with Gasteiger partial charge in [-0.25, -0.2) is 4.79 Å². The first-order chi connectivity index (χ1) is 16.7. The van der Waals surface area contributed by atoms with Gasteiger partial charge in [-0.05, 0) is 58.2 Å². The number of carbonyl (C=O) groups is 2. The van der Waals surface area contributed by atoms with Gasteiger partial charge >= 0.3 is 6.09 Å². The van der Waals surface area contributed by atoms with Crippen molar-refractivity contribution in [2.75, 3.05) is 31.7 Å². The van der Waals surface area contributed by atoms with Gasteiger partial charge in [0.05, 0.1) is 30.9 Å². The molecule has 0 unspecified atom stereocenters. The van der Waals surface area contributed by atoms with Crippen LogP contribution in [0.1, 0.15) is 40.0 Å². The molecule has 9 heteroatoms. The third-order valence-corrected chi connectivity index (χ3v) is 8.24. The van der Waals surface area contributed by atoms with E-state index in [1.807, 2.05) is 18.2 Å². The number of hydrogen-bond donors (Lipinski definition) is 2. The van der Waals surface area contributed by atoms with Crippen molar-refractivity contribution in [1.29, 1.82) is 0 Å². The van der Waals surface area contributed by atoms with E-state index in [1.54, 1.807) is 13.2 Å². The Morgan fingerprint density at radius 1 is 1.34 bits per heavy atom. The number of nitrogen functional groups attached to an aromatic ring is 1. The number of anilines is 1. The summed E-state index contributed by atoms with van der Waals surface area (Å²) in [4.78, 5) is 25.7. The summed E-state index contributed by atoms with van der Waals surface area (Å²) in [7, 11) is 1.64. The number of nitrogens with one attached hydrogen (secondary N) is 1. The summed E-state index contributed by atoms with van der Waals surface area (Å²) in [5.41, 5.74) is 7.00. The molecular formula is C26H36N2O6S. The molecule has 2 saturated heterocycles. The van der Waals surface area contributed by atoms with Gasteiger partial charge < -0.3 is 30.0 Å². The smallest absolute Gasteiger partial charge is 0.407 e. The van der Waals surface area contributed by atoms with Crippen molar-refractivity contribution < 1.29 is 28.5 Å². The molecule has 35 heavy (non-hydrogen) atoms. The molecule has 1 aliphatic carbocycles. The first kappa shape index (κ1) is 26.0. The maximum absolute atomic E-state index is 12.6. The Morgan fingerprint density at radius 3 is 2.77 bits per heavy atom. The number of nitrogens with two attached hydrogens (primary N) is 1. The van der Waals surface area contributed by atoms with Crippen molar-refractivity contribution in [2.24, 2.45) is 5.92 Å². The molecule has 2 heterocycles. The number of thioether (sulfide) groups is 1. The lowest BCUT2D eigenvalue weighted by Crippen LogP contribution is -2.56. The van der Waals surface area contributed by atoms with Crippen molar-refractivity contribution in [3.8, 4) is 0 Å². The van der Waals surface area contributed by atoms with E-state index in [0.717, 1.165) is 17.7 Å². The van der Waals surface area contributed by atoms with Crippen LogP contribution in [0.3, 0.4) is 0 Å². The SMILES string of the molecule is CO[C@@H]1[C@H](OC(=O)NCC(=O)CSc2cccc(N)c2)CC[C@]2(CO2)[C@H]1[C@@]1(C)O[C@@H]1CC=C(C)C. The van der Waals surface area contributed by atoms with E-state index in [1.165, 1.54) is 17.3 Å². The van der Waals surface area contributed by atoms with Crippen LogP contribution in [-0.2, 0) is 23.7 Å². The molecule has 3 aliphatic rings. The normalized spacial score (nSPS) is 33.1. The van der Waals surface area contributed by atoms with Gasteiger partial charge in [-0.1, -0.05) is 17.7 Å². The van der Waals surface area contributed by atoms with E-state index in [4.69, 9.17) is 24.7 Å². The minimum absolute atomic E-state index is 0.0431. The number of methoxy groups -OCH3 is 1. The topological polar surface area (TPSA) is 116 Å². The molecule has 4 rings (SSSR count). The molecule has 2 aliphatic heterocycles. The van der Waals surface area contributed by atoms with Gasteiger partial charge in [-0.3, -0.25) is 4.79 Å². The Hall–Kier alpha value is -2.07. The maximum Gasteiger partial charge on any atom is 0.407 e. The van der Waals surface area contributed by atoms with E-state index >= 15 is 0 Å². The average Bonchev–Trinajstić information content (AvgIpc) is 3.73. The van der Waals surface area contributed by atoms with Crippen molar-refractivity contribution in [1.82, 2.24) is 5.32 Å². The Labute approximate surface area is 211 Å². The van der Waals surface area contributed by atoms with Gasteiger partial charge in [-0.2, -0.15) is 0 Å². The van der Waals surface area contributed by atoms with E-state index in [9.17, 15) is 9.59 Å². The molecule has 0 radical (unpaired) electrons. The molecule has 0 bridgehead atoms. The molecule has 1 spiro atoms. The zero-order chi connectivity index (χ0) is 25.2. The minimum atomic E-state index is -0.617. The number of carbonyl (C=O) groups excluding carboxylic acids is 2. The Morgan fingerprint density at radius 2 is 2.11 bits per heavy atom. The Balaban J connectivity index is 1.30. The third kappa shape index (κ3) is 6.02. The maximum atomic E-state index is 12.6. The summed E-state index contributed by atoms with van der Waals surface area (Å²) in [5, 5.41) is 2.59. The van der Waals surface area contributed by atoms with Gasteiger partial charge in [0, 0.05) is 17.7 Å². The Kier molecular flexibility index (Phi) is 7.80. The van der Waals surface area contributed by atoms with Crippen LogP contribution in [0.25, 0.3) is 0 Å². The predicted octanol–water partition coefficient (Wildman–Crippen LogP) is 3.73. The number of ether oxygens (including phenoxy) is 4. The molecular weight excluding hydrogens is 468 g/mol. The minimum Gasteiger partial charge on any atom is -0.443 e. The van der Waals surface area contributed by atoms with Gasteiger partial charge in [0.15, 0.2) is 5.78 Å². The fraction of sp³-hybridized carbons (Fsp3) is 0.615. The van der Waals surface area contributed by atoms with Gasteiger partial charge in [0.1, 0.15) is 23.4 Å². The third-order valence-electron chi connectivity index (χ3n) is 7.18. The van der Waals surface area contributed by atoms with Crippen LogP contribution in [0.5, 0.6) is 0 Å². The van der Waals surface area contributed by atoms with Crippen molar-refractivity contribution in [3.63, 3.8) is 0 Å². The molecule has 8 nitrogen and oxygen atoms in total. The molecule has 6 atom stereocenters. The zero-order valence-corrected chi connectivity index (χ0v) is 21.7. The molecule has 1 aromatic rings. The number of allylic oxidation sites excluding steroid dienone is 1. The van der Waals surface area contributed by atoms with E-state index in [-0.39, 0.29) is 41.8 Å². The second-order valence-electron chi connectivity index (χ2n) is 10.1. The molecule has 3 N–H and O–H groups in total. The van der Waals surface area contributed by atoms with Crippen LogP contribution in [-0.4, -0.2) is 67.4 Å². The lowest BCUT2D eigenvalue weighted by Gasteiger charge is -2.42. The van der Waals surface area contributed by atoms with Crippen LogP contribution in [0.4, 0.5) is 10.5 Å². The Bertz CT molecular complexity index is 976. The van der Waals surface area contributed by atoms with Crippen LogP contribution in [0.15, 0.2) is 40.8 Å². The van der Waals surface area contributed by atoms with Crippen LogP contribution in [0, 0.1) is 5.92 Å². The summed E-state index contributed by atoms with van der Waals surface area (Å²) in [6.45, 7) is 6.83.